The highest BCUT2D eigenvalue weighted by Gasteiger charge is 2.20. The van der Waals surface area contributed by atoms with E-state index in [1.165, 1.54) is 11.1 Å². The second-order valence-corrected chi connectivity index (χ2v) is 5.46. The number of amides is 1. The van der Waals surface area contributed by atoms with Gasteiger partial charge in [0.25, 0.3) is 5.91 Å². The third-order valence-corrected chi connectivity index (χ3v) is 4.17. The Morgan fingerprint density at radius 3 is 2.59 bits per heavy atom. The van der Waals surface area contributed by atoms with E-state index in [1.54, 1.807) is 17.3 Å². The third-order valence-electron chi connectivity index (χ3n) is 4.17. The van der Waals surface area contributed by atoms with E-state index in [0.29, 0.717) is 0 Å². The Morgan fingerprint density at radius 2 is 1.86 bits per heavy atom. The van der Waals surface area contributed by atoms with Crippen LogP contribution in [0.1, 0.15) is 40.0 Å². The number of hydrogen-bond acceptors (Lipinski definition) is 3. The monoisotopic (exact) mass is 317 g/mol. The molecule has 116 valence electrons. The van der Waals surface area contributed by atoms with Crippen molar-refractivity contribution in [3.8, 4) is 0 Å². The van der Waals surface area contributed by atoms with Gasteiger partial charge in [-0.1, -0.05) is 6.07 Å². The van der Waals surface area contributed by atoms with Crippen LogP contribution in [-0.2, 0) is 13.1 Å². The molecule has 1 aromatic carbocycles. The van der Waals surface area contributed by atoms with Crippen molar-refractivity contribution in [1.29, 1.82) is 0 Å². The van der Waals surface area contributed by atoms with Crippen molar-refractivity contribution >= 4 is 18.3 Å². The summed E-state index contributed by atoms with van der Waals surface area (Å²) in [5.41, 5.74) is 4.35. The molecule has 4 nitrogen and oxygen atoms in total. The Hall–Kier alpha value is -1.91. The van der Waals surface area contributed by atoms with Crippen molar-refractivity contribution in [3.05, 3.63) is 65.0 Å². The molecule has 3 rings (SSSR count). The normalized spacial score (nSPS) is 13.9. The van der Waals surface area contributed by atoms with Crippen molar-refractivity contribution in [1.82, 2.24) is 15.2 Å². The predicted molar refractivity (Wildman–Crippen MR) is 89.0 cm³/mol. The van der Waals surface area contributed by atoms with Crippen molar-refractivity contribution in [2.75, 3.05) is 7.05 Å². The Balaban J connectivity index is 0.00000176. The van der Waals surface area contributed by atoms with Gasteiger partial charge in [0, 0.05) is 38.1 Å². The van der Waals surface area contributed by atoms with E-state index >= 15 is 0 Å². The molecule has 1 aliphatic heterocycles. The number of aromatic nitrogens is 1. The van der Waals surface area contributed by atoms with Crippen LogP contribution in [0.4, 0.5) is 0 Å². The maximum atomic E-state index is 12.6. The fourth-order valence-electron chi connectivity index (χ4n) is 2.67. The molecule has 5 heteroatoms. The molecule has 1 N–H and O–H groups in total. The highest BCUT2D eigenvalue weighted by Crippen LogP contribution is 2.22. The van der Waals surface area contributed by atoms with Crippen molar-refractivity contribution in [3.63, 3.8) is 0 Å². The molecule has 0 saturated carbocycles. The molecule has 2 aromatic rings. The number of carbonyl (C=O) groups excluding carboxylic acids is 1. The highest BCUT2D eigenvalue weighted by molar-refractivity contribution is 5.94. The summed E-state index contributed by atoms with van der Waals surface area (Å²) in [6.07, 6.45) is 3.51. The number of carbonyl (C=O) groups is 1. The molecule has 0 bridgehead atoms. The van der Waals surface area contributed by atoms with Gasteiger partial charge in [-0.2, -0.15) is 0 Å². The number of nitrogens with one attached hydrogen (secondary N) is 1. The molecular weight excluding hydrogens is 298 g/mol. The van der Waals surface area contributed by atoms with Crippen molar-refractivity contribution in [2.45, 2.75) is 26.1 Å². The lowest BCUT2D eigenvalue weighted by Crippen LogP contribution is -2.29. The second kappa shape index (κ2) is 6.90. The second-order valence-electron chi connectivity index (χ2n) is 5.46. The predicted octanol–water partition coefficient (Wildman–Crippen LogP) is 2.94. The molecule has 22 heavy (non-hydrogen) atoms. The summed E-state index contributed by atoms with van der Waals surface area (Å²) in [5, 5.41) is 3.30. The minimum absolute atomic E-state index is 0. The summed E-state index contributed by atoms with van der Waals surface area (Å²) in [6.45, 7) is 3.77. The van der Waals surface area contributed by atoms with Gasteiger partial charge in [0.2, 0.25) is 0 Å². The number of fused-ring (bicyclic) bond motifs is 1. The van der Waals surface area contributed by atoms with Crippen LogP contribution in [0.25, 0.3) is 0 Å². The highest BCUT2D eigenvalue weighted by atomic mass is 35.5. The topological polar surface area (TPSA) is 45.2 Å². The first-order valence-corrected chi connectivity index (χ1v) is 7.16. The van der Waals surface area contributed by atoms with Gasteiger partial charge in [0.05, 0.1) is 6.04 Å². The zero-order chi connectivity index (χ0) is 14.8. The first-order valence-electron chi connectivity index (χ1n) is 7.16. The maximum absolute atomic E-state index is 12.6. The zero-order valence-corrected chi connectivity index (χ0v) is 13.6. The average Bonchev–Trinajstić information content (AvgIpc) is 3.01. The summed E-state index contributed by atoms with van der Waals surface area (Å²) < 4.78 is 0. The van der Waals surface area contributed by atoms with Gasteiger partial charge in [0.15, 0.2) is 0 Å². The van der Waals surface area contributed by atoms with Gasteiger partial charge in [0.1, 0.15) is 0 Å². The average molecular weight is 318 g/mol. The smallest absolute Gasteiger partial charge is 0.254 e. The van der Waals surface area contributed by atoms with Crippen LogP contribution in [0.15, 0.2) is 42.7 Å². The Bertz CT molecular complexity index is 660. The number of benzene rings is 1. The van der Waals surface area contributed by atoms with Crippen LogP contribution in [0.2, 0.25) is 0 Å². The Kier molecular flexibility index (Phi) is 5.16. The fraction of sp³-hybridized carbons (Fsp3) is 0.294. The molecule has 0 aliphatic carbocycles. The molecule has 2 heterocycles. The van der Waals surface area contributed by atoms with Crippen molar-refractivity contribution in [2.24, 2.45) is 0 Å². The maximum Gasteiger partial charge on any atom is 0.254 e. The zero-order valence-electron chi connectivity index (χ0n) is 12.7. The summed E-state index contributed by atoms with van der Waals surface area (Å²) in [6, 6.07) is 9.89. The van der Waals surface area contributed by atoms with Gasteiger partial charge >= 0.3 is 0 Å². The van der Waals surface area contributed by atoms with Crippen molar-refractivity contribution < 1.29 is 4.79 Å². The van der Waals surface area contributed by atoms with E-state index in [9.17, 15) is 4.79 Å². The quantitative estimate of drug-likeness (QED) is 0.946. The van der Waals surface area contributed by atoms with E-state index < -0.39 is 0 Å². The van der Waals surface area contributed by atoms with Gasteiger partial charge < -0.3 is 10.2 Å². The molecular formula is C17H20ClN3O. The molecule has 1 atom stereocenters. The molecule has 1 unspecified atom stereocenters. The largest absolute Gasteiger partial charge is 0.335 e. The lowest BCUT2D eigenvalue weighted by atomic mass is 10.0. The van der Waals surface area contributed by atoms with Gasteiger partial charge in [-0.3, -0.25) is 9.78 Å². The molecule has 0 saturated heterocycles. The third kappa shape index (κ3) is 3.13. The summed E-state index contributed by atoms with van der Waals surface area (Å²) in [4.78, 5) is 18.4. The number of halogens is 1. The number of rotatable bonds is 3. The molecule has 0 fully saturated rings. The van der Waals surface area contributed by atoms with Crippen LogP contribution in [0, 0.1) is 0 Å². The molecule has 1 aliphatic rings. The standard InChI is InChI=1S/C17H19N3O.ClH/c1-12(13-5-7-18-8-6-13)20(2)17(21)14-3-4-15-10-19-11-16(15)9-14;/h3-9,12,19H,10-11H2,1-2H3;1H. The lowest BCUT2D eigenvalue weighted by Gasteiger charge is -2.25. The van der Waals surface area contributed by atoms with E-state index in [0.717, 1.165) is 24.2 Å². The minimum Gasteiger partial charge on any atom is -0.335 e. The molecule has 1 aromatic heterocycles. The first kappa shape index (κ1) is 16.5. The van der Waals surface area contributed by atoms with Gasteiger partial charge in [-0.25, -0.2) is 0 Å². The molecule has 0 spiro atoms. The van der Waals surface area contributed by atoms with Crippen LogP contribution >= 0.6 is 12.4 Å². The SMILES string of the molecule is CC(c1ccncc1)N(C)C(=O)c1ccc2c(c1)CNC2.Cl. The first-order chi connectivity index (χ1) is 10.2. The fourth-order valence-corrected chi connectivity index (χ4v) is 2.67. The summed E-state index contributed by atoms with van der Waals surface area (Å²) in [7, 11) is 1.85. The van der Waals surface area contributed by atoms with E-state index in [1.807, 2.05) is 44.3 Å². The molecule has 0 radical (unpaired) electrons. The van der Waals surface area contributed by atoms with Crippen LogP contribution in [-0.4, -0.2) is 22.8 Å². The van der Waals surface area contributed by atoms with Gasteiger partial charge in [-0.05, 0) is 47.9 Å². The summed E-state index contributed by atoms with van der Waals surface area (Å²) >= 11 is 0. The van der Waals surface area contributed by atoms with Crippen LogP contribution in [0.3, 0.4) is 0 Å². The number of pyridine rings is 1. The Labute approximate surface area is 137 Å². The van der Waals surface area contributed by atoms with Crippen LogP contribution < -0.4 is 5.32 Å². The van der Waals surface area contributed by atoms with E-state index in [4.69, 9.17) is 0 Å². The lowest BCUT2D eigenvalue weighted by molar-refractivity contribution is 0.0742. The minimum atomic E-state index is 0. The number of hydrogen-bond donors (Lipinski definition) is 1. The number of nitrogens with zero attached hydrogens (tertiary/aromatic N) is 2. The van der Waals surface area contributed by atoms with Crippen LogP contribution in [0.5, 0.6) is 0 Å². The molecule has 1 amide bonds. The Morgan fingerprint density at radius 1 is 1.18 bits per heavy atom. The van der Waals surface area contributed by atoms with E-state index in [-0.39, 0.29) is 24.4 Å². The van der Waals surface area contributed by atoms with Gasteiger partial charge in [-0.15, -0.1) is 12.4 Å². The van der Waals surface area contributed by atoms with E-state index in [2.05, 4.69) is 10.3 Å². The summed E-state index contributed by atoms with van der Waals surface area (Å²) in [5.74, 6) is 0.0500.